The molecular formula is C40H52O2Ti. The van der Waals surface area contributed by atoms with Crippen LogP contribution in [0.15, 0.2) is 84.9 Å². The van der Waals surface area contributed by atoms with E-state index in [-0.39, 0.29) is 0 Å². The third-order valence-corrected chi connectivity index (χ3v) is 13.0. The first-order chi connectivity index (χ1) is 20.4. The Balaban J connectivity index is 2.04. The molecular weight excluding hydrogens is 560 g/mol. The van der Waals surface area contributed by atoms with Crippen molar-refractivity contribution in [2.75, 3.05) is 0 Å². The molecule has 0 atom stereocenters. The fourth-order valence-corrected chi connectivity index (χ4v) is 11.3. The van der Waals surface area contributed by atoms with Crippen molar-refractivity contribution in [1.82, 2.24) is 0 Å². The second-order valence-electron chi connectivity index (χ2n) is 13.6. The Bertz CT molecular complexity index is 1310. The van der Waals surface area contributed by atoms with Crippen molar-refractivity contribution in [3.05, 3.63) is 129 Å². The molecule has 3 heteroatoms. The molecule has 0 saturated carbocycles. The number of rotatable bonds is 12. The van der Waals surface area contributed by atoms with Crippen molar-refractivity contribution in [2.45, 2.75) is 102 Å². The molecule has 0 heterocycles. The Morgan fingerprint density at radius 1 is 0.465 bits per heavy atom. The van der Waals surface area contributed by atoms with Gasteiger partial charge in [0, 0.05) is 0 Å². The zero-order valence-electron chi connectivity index (χ0n) is 28.1. The zero-order chi connectivity index (χ0) is 31.3. The average molecular weight is 613 g/mol. The summed E-state index contributed by atoms with van der Waals surface area (Å²) in [4.78, 5) is 0. The Hall–Kier alpha value is -2.81. The molecule has 0 aliphatic rings. The first-order valence-electron chi connectivity index (χ1n) is 16.1. The third-order valence-electron chi connectivity index (χ3n) is 8.28. The predicted molar refractivity (Wildman–Crippen MR) is 180 cm³/mol. The molecule has 0 bridgehead atoms. The maximum absolute atomic E-state index is 7.72. The number of aryl methyl sites for hydroxylation is 2. The van der Waals surface area contributed by atoms with Gasteiger partial charge in [-0.1, -0.05) is 0 Å². The van der Waals surface area contributed by atoms with Gasteiger partial charge in [0.15, 0.2) is 0 Å². The molecule has 0 spiro atoms. The second-order valence-corrected chi connectivity index (χ2v) is 18.2. The molecule has 2 nitrogen and oxygen atoms in total. The molecule has 4 aromatic rings. The second kappa shape index (κ2) is 14.3. The van der Waals surface area contributed by atoms with Gasteiger partial charge in [-0.15, -0.1) is 0 Å². The van der Waals surface area contributed by atoms with Gasteiger partial charge in [-0.25, -0.2) is 0 Å². The number of hydrogen-bond donors (Lipinski definition) is 0. The Morgan fingerprint density at radius 2 is 0.744 bits per heavy atom. The van der Waals surface area contributed by atoms with Crippen LogP contribution >= 0.6 is 0 Å². The van der Waals surface area contributed by atoms with Gasteiger partial charge in [-0.05, 0) is 0 Å². The molecule has 228 valence electrons. The molecule has 0 radical (unpaired) electrons. The van der Waals surface area contributed by atoms with Crippen LogP contribution < -0.4 is 6.64 Å². The van der Waals surface area contributed by atoms with Crippen LogP contribution in [0.1, 0.15) is 124 Å². The van der Waals surface area contributed by atoms with Gasteiger partial charge in [0.05, 0.1) is 0 Å². The van der Waals surface area contributed by atoms with E-state index < -0.39 is 17.4 Å². The molecule has 0 fully saturated rings. The summed E-state index contributed by atoms with van der Waals surface area (Å²) in [6.45, 7) is 22.7. The minimum absolute atomic E-state index is 0.331. The van der Waals surface area contributed by atoms with Gasteiger partial charge in [-0.2, -0.15) is 0 Å². The Labute approximate surface area is 266 Å². The van der Waals surface area contributed by atoms with E-state index in [4.69, 9.17) is 6.64 Å². The molecule has 0 N–H and O–H groups in total. The van der Waals surface area contributed by atoms with E-state index in [2.05, 4.69) is 154 Å². The summed E-state index contributed by atoms with van der Waals surface area (Å²) in [6, 6.07) is 31.0. The van der Waals surface area contributed by atoms with Gasteiger partial charge in [0.1, 0.15) is 0 Å². The number of benzene rings is 4. The summed E-state index contributed by atoms with van der Waals surface area (Å²) in [5, 5.41) is 0. The summed E-state index contributed by atoms with van der Waals surface area (Å²) >= 11 is -3.84. The van der Waals surface area contributed by atoms with E-state index in [0.29, 0.717) is 23.7 Å². The Kier molecular flexibility index (Phi) is 11.0. The summed E-state index contributed by atoms with van der Waals surface area (Å²) in [6.07, 6.45) is 0. The molecule has 4 aromatic carbocycles. The maximum atomic E-state index is 7.72. The fraction of sp³-hybridized carbons (Fsp3) is 0.400. The van der Waals surface area contributed by atoms with E-state index in [1.165, 1.54) is 44.5 Å². The molecule has 0 aliphatic carbocycles. The monoisotopic (exact) mass is 612 g/mol. The fourth-order valence-electron chi connectivity index (χ4n) is 6.02. The SMILES string of the molecule is Cc1cc(C(C)C)c([O][Ti]([CH2]c2ccccc2)([CH2]c2ccccc2)[O]c2c(C(C)C)cc(C)cc2C(C)C)c(C(C)C)c1. The first-order valence-corrected chi connectivity index (χ1v) is 19.6. The van der Waals surface area contributed by atoms with Crippen molar-refractivity contribution in [1.29, 1.82) is 0 Å². The van der Waals surface area contributed by atoms with Crippen LogP contribution in [0.25, 0.3) is 0 Å². The van der Waals surface area contributed by atoms with Crippen molar-refractivity contribution < 1.29 is 24.0 Å². The van der Waals surface area contributed by atoms with Gasteiger partial charge < -0.3 is 0 Å². The van der Waals surface area contributed by atoms with Crippen molar-refractivity contribution in [3.63, 3.8) is 0 Å². The molecule has 43 heavy (non-hydrogen) atoms. The molecule has 0 saturated heterocycles. The van der Waals surface area contributed by atoms with Crippen LogP contribution in [-0.2, 0) is 26.8 Å². The normalized spacial score (nSPS) is 12.0. The molecule has 0 aromatic heterocycles. The quantitative estimate of drug-likeness (QED) is 0.148. The van der Waals surface area contributed by atoms with E-state index >= 15 is 0 Å². The predicted octanol–water partition coefficient (Wildman–Crippen LogP) is 11.6. The van der Waals surface area contributed by atoms with E-state index in [9.17, 15) is 0 Å². The molecule has 0 amide bonds. The third kappa shape index (κ3) is 8.22. The van der Waals surface area contributed by atoms with Crippen molar-refractivity contribution in [2.24, 2.45) is 0 Å². The summed E-state index contributed by atoms with van der Waals surface area (Å²) in [7, 11) is 0. The Morgan fingerprint density at radius 3 is 1.00 bits per heavy atom. The summed E-state index contributed by atoms with van der Waals surface area (Å²) < 4.78 is 17.0. The van der Waals surface area contributed by atoms with Gasteiger partial charge in [0.2, 0.25) is 0 Å². The topological polar surface area (TPSA) is 18.5 Å². The van der Waals surface area contributed by atoms with Crippen LogP contribution in [0.2, 0.25) is 0 Å². The van der Waals surface area contributed by atoms with E-state index in [0.717, 1.165) is 21.0 Å². The van der Waals surface area contributed by atoms with Gasteiger partial charge >= 0.3 is 267 Å². The zero-order valence-corrected chi connectivity index (χ0v) is 29.7. The van der Waals surface area contributed by atoms with Crippen LogP contribution in [0.4, 0.5) is 0 Å². The standard InChI is InChI=1S/2C13H20O.2C7H7.Ti/c2*1-8(2)11-6-10(5)7-12(9(3)4)13(11)14;2*1-7-5-3-2-4-6-7;/h2*6-9,14H,1-5H3;2*2-6H,1H2;/q;;;;+2/p-2. The van der Waals surface area contributed by atoms with Gasteiger partial charge in [0.25, 0.3) is 0 Å². The minimum atomic E-state index is -3.84. The first kappa shape index (κ1) is 33.1. The molecule has 0 aliphatic heterocycles. The van der Waals surface area contributed by atoms with Crippen LogP contribution in [0.5, 0.6) is 11.5 Å². The average Bonchev–Trinajstić information content (AvgIpc) is 2.95. The summed E-state index contributed by atoms with van der Waals surface area (Å²) in [5.41, 5.74) is 10.2. The summed E-state index contributed by atoms with van der Waals surface area (Å²) in [5.74, 6) is 3.42. The van der Waals surface area contributed by atoms with E-state index in [1.54, 1.807) is 0 Å². The van der Waals surface area contributed by atoms with Crippen LogP contribution in [0, 0.1) is 13.8 Å². The van der Waals surface area contributed by atoms with Crippen LogP contribution in [-0.4, -0.2) is 0 Å². The van der Waals surface area contributed by atoms with Crippen molar-refractivity contribution >= 4 is 0 Å². The molecule has 0 unspecified atom stereocenters. The number of hydrogen-bond acceptors (Lipinski definition) is 2. The van der Waals surface area contributed by atoms with Crippen LogP contribution in [0.3, 0.4) is 0 Å². The molecule has 4 rings (SSSR count). The van der Waals surface area contributed by atoms with Gasteiger partial charge in [-0.3, -0.25) is 0 Å². The van der Waals surface area contributed by atoms with Crippen molar-refractivity contribution in [3.8, 4) is 11.5 Å². The van der Waals surface area contributed by atoms with E-state index in [1.807, 2.05) is 0 Å².